The number of hydrogen-bond donors (Lipinski definition) is 0. The van der Waals surface area contributed by atoms with Gasteiger partial charge in [0, 0.05) is 18.8 Å². The molecule has 0 bridgehead atoms. The molecule has 1 aromatic rings. The molecule has 1 fully saturated rings. The highest BCUT2D eigenvalue weighted by Gasteiger charge is 2.21. The fourth-order valence-corrected chi connectivity index (χ4v) is 4.93. The molecule has 0 saturated carbocycles. The van der Waals surface area contributed by atoms with Crippen LogP contribution in [0.1, 0.15) is 45.1 Å². The van der Waals surface area contributed by atoms with Gasteiger partial charge >= 0.3 is 0 Å². The van der Waals surface area contributed by atoms with Crippen molar-refractivity contribution in [2.24, 2.45) is 5.92 Å². The van der Waals surface area contributed by atoms with Gasteiger partial charge in [-0.2, -0.15) is 0 Å². The van der Waals surface area contributed by atoms with Crippen molar-refractivity contribution < 1.29 is 4.43 Å². The maximum Gasteiger partial charge on any atom is 0.187 e. The van der Waals surface area contributed by atoms with Crippen LogP contribution < -0.4 is 4.90 Å². The summed E-state index contributed by atoms with van der Waals surface area (Å²) in [5.41, 5.74) is 2.68. The Labute approximate surface area is 138 Å². The van der Waals surface area contributed by atoms with Gasteiger partial charge in [-0.05, 0) is 55.6 Å². The molecular formula is C19H33NOSi. The Morgan fingerprint density at radius 3 is 2.36 bits per heavy atom. The van der Waals surface area contributed by atoms with Crippen LogP contribution in [-0.2, 0) is 11.0 Å². The molecule has 22 heavy (non-hydrogen) atoms. The van der Waals surface area contributed by atoms with Gasteiger partial charge in [-0.15, -0.1) is 0 Å². The fourth-order valence-electron chi connectivity index (χ4n) is 3.02. The van der Waals surface area contributed by atoms with E-state index < -0.39 is 8.32 Å². The van der Waals surface area contributed by atoms with Crippen molar-refractivity contribution in [2.75, 3.05) is 18.0 Å². The molecule has 1 aliphatic heterocycles. The summed E-state index contributed by atoms with van der Waals surface area (Å²) in [6.07, 6.45) is 5.21. The van der Waals surface area contributed by atoms with E-state index in [4.69, 9.17) is 4.43 Å². The number of benzene rings is 1. The number of hydrogen-bond acceptors (Lipinski definition) is 2. The van der Waals surface area contributed by atoms with Crippen LogP contribution in [0.2, 0.25) is 19.1 Å². The Morgan fingerprint density at radius 1 is 1.14 bits per heavy atom. The lowest BCUT2D eigenvalue weighted by Crippen LogP contribution is -2.32. The molecule has 0 atom stereocenters. The van der Waals surface area contributed by atoms with Crippen LogP contribution in [0.5, 0.6) is 0 Å². The molecule has 1 heterocycles. The van der Waals surface area contributed by atoms with Gasteiger partial charge in [0.1, 0.15) is 0 Å². The van der Waals surface area contributed by atoms with Crippen LogP contribution in [0.25, 0.3) is 0 Å². The number of nitrogens with zero attached hydrogens (tertiary/aromatic N) is 1. The zero-order chi connectivity index (χ0) is 16.0. The highest BCUT2D eigenvalue weighted by molar-refractivity contribution is 6.71. The van der Waals surface area contributed by atoms with Crippen molar-refractivity contribution in [1.82, 2.24) is 0 Å². The van der Waals surface area contributed by atoms with Gasteiger partial charge in [-0.25, -0.2) is 0 Å². The van der Waals surface area contributed by atoms with Gasteiger partial charge in [0.2, 0.25) is 0 Å². The summed E-state index contributed by atoms with van der Waals surface area (Å²) in [6.45, 7) is 12.5. The van der Waals surface area contributed by atoms with Crippen molar-refractivity contribution in [3.05, 3.63) is 29.8 Å². The van der Waals surface area contributed by atoms with Gasteiger partial charge in [0.15, 0.2) is 8.32 Å². The maximum absolute atomic E-state index is 6.24. The number of anilines is 1. The van der Waals surface area contributed by atoms with E-state index in [1.807, 2.05) is 0 Å². The second kappa shape index (κ2) is 8.16. The smallest absolute Gasteiger partial charge is 0.187 e. The number of rotatable bonds is 7. The van der Waals surface area contributed by atoms with Gasteiger partial charge < -0.3 is 9.33 Å². The van der Waals surface area contributed by atoms with Crippen LogP contribution in [0.3, 0.4) is 0 Å². The topological polar surface area (TPSA) is 12.5 Å². The molecule has 1 aliphatic rings. The van der Waals surface area contributed by atoms with Crippen molar-refractivity contribution in [3.8, 4) is 0 Å². The van der Waals surface area contributed by atoms with E-state index >= 15 is 0 Å². The summed E-state index contributed by atoms with van der Waals surface area (Å²) in [4.78, 5) is 2.52. The zero-order valence-corrected chi connectivity index (χ0v) is 15.9. The molecule has 2 nitrogen and oxygen atoms in total. The summed E-state index contributed by atoms with van der Waals surface area (Å²) in [6, 6.07) is 10.3. The lowest BCUT2D eigenvalue weighted by atomic mass is 9.99. The second-order valence-electron chi connectivity index (χ2n) is 7.49. The lowest BCUT2D eigenvalue weighted by molar-refractivity contribution is 0.294. The van der Waals surface area contributed by atoms with Gasteiger partial charge in [-0.1, -0.05) is 38.8 Å². The molecule has 0 unspecified atom stereocenters. The molecule has 1 saturated heterocycles. The Hall–Kier alpha value is -0.803. The van der Waals surface area contributed by atoms with Crippen molar-refractivity contribution in [1.29, 1.82) is 0 Å². The van der Waals surface area contributed by atoms with Gasteiger partial charge in [-0.3, -0.25) is 0 Å². The van der Waals surface area contributed by atoms with E-state index in [0.717, 1.165) is 12.5 Å². The predicted molar refractivity (Wildman–Crippen MR) is 99.0 cm³/mol. The molecule has 2 rings (SSSR count). The monoisotopic (exact) mass is 319 g/mol. The van der Waals surface area contributed by atoms with Gasteiger partial charge in [0.25, 0.3) is 0 Å². The lowest BCUT2D eigenvalue weighted by Gasteiger charge is -2.32. The molecule has 0 spiro atoms. The minimum Gasteiger partial charge on any atom is -0.413 e. The first kappa shape index (κ1) is 17.5. The first-order valence-corrected chi connectivity index (χ1v) is 12.1. The average molecular weight is 320 g/mol. The molecular weight excluding hydrogens is 286 g/mol. The fraction of sp³-hybridized carbons (Fsp3) is 0.684. The zero-order valence-electron chi connectivity index (χ0n) is 14.9. The summed E-state index contributed by atoms with van der Waals surface area (Å²) in [5.74, 6) is 0.888. The first-order valence-electron chi connectivity index (χ1n) is 8.98. The highest BCUT2D eigenvalue weighted by Crippen LogP contribution is 2.24. The standard InChI is InChI=1S/C19H33NOSi/c1-5-6-15-22(3,4)21-16-18-7-9-19(10-8-18)20-13-11-17(2)12-14-20/h7-10,17H,5-6,11-16H2,1-4H3. The number of unbranched alkanes of at least 4 members (excludes halogenated alkanes) is 1. The molecule has 124 valence electrons. The minimum absolute atomic E-state index is 0.778. The minimum atomic E-state index is -1.47. The van der Waals surface area contributed by atoms with Gasteiger partial charge in [0.05, 0.1) is 6.61 Å². The van der Waals surface area contributed by atoms with Crippen LogP contribution in [0.15, 0.2) is 24.3 Å². The van der Waals surface area contributed by atoms with E-state index in [-0.39, 0.29) is 0 Å². The largest absolute Gasteiger partial charge is 0.413 e. The Morgan fingerprint density at radius 2 is 1.77 bits per heavy atom. The summed E-state index contributed by atoms with van der Waals surface area (Å²) in [7, 11) is -1.47. The molecule has 3 heteroatoms. The van der Waals surface area contributed by atoms with E-state index in [1.165, 1.54) is 56.1 Å². The van der Waals surface area contributed by atoms with Crippen molar-refractivity contribution >= 4 is 14.0 Å². The van der Waals surface area contributed by atoms with E-state index in [1.54, 1.807) is 0 Å². The third-order valence-electron chi connectivity index (χ3n) is 4.85. The summed E-state index contributed by atoms with van der Waals surface area (Å²) < 4.78 is 6.24. The maximum atomic E-state index is 6.24. The van der Waals surface area contributed by atoms with Crippen molar-refractivity contribution in [2.45, 2.75) is 65.3 Å². The van der Waals surface area contributed by atoms with E-state index in [2.05, 4.69) is 56.1 Å². The van der Waals surface area contributed by atoms with Crippen LogP contribution in [0.4, 0.5) is 5.69 Å². The predicted octanol–water partition coefficient (Wildman–Crippen LogP) is 5.44. The normalized spacial score (nSPS) is 17.0. The van der Waals surface area contributed by atoms with Crippen LogP contribution in [0, 0.1) is 5.92 Å². The highest BCUT2D eigenvalue weighted by atomic mass is 28.4. The van der Waals surface area contributed by atoms with Crippen LogP contribution in [-0.4, -0.2) is 21.4 Å². The Bertz CT molecular complexity index is 435. The summed E-state index contributed by atoms with van der Waals surface area (Å²) in [5, 5.41) is 0. The third kappa shape index (κ3) is 5.44. The Balaban J connectivity index is 1.84. The molecule has 0 amide bonds. The molecule has 0 radical (unpaired) electrons. The molecule has 1 aromatic carbocycles. The first-order chi connectivity index (χ1) is 10.5. The van der Waals surface area contributed by atoms with Crippen LogP contribution >= 0.6 is 0 Å². The van der Waals surface area contributed by atoms with Crippen molar-refractivity contribution in [3.63, 3.8) is 0 Å². The third-order valence-corrected chi connectivity index (χ3v) is 7.33. The second-order valence-corrected chi connectivity index (χ2v) is 11.8. The molecule has 0 aromatic heterocycles. The quantitative estimate of drug-likeness (QED) is 0.620. The van der Waals surface area contributed by atoms with E-state index in [0.29, 0.717) is 0 Å². The average Bonchev–Trinajstić information content (AvgIpc) is 2.52. The van der Waals surface area contributed by atoms with E-state index in [9.17, 15) is 0 Å². The summed E-state index contributed by atoms with van der Waals surface area (Å²) >= 11 is 0. The Kier molecular flexibility index (Phi) is 6.51. The molecule has 0 N–H and O–H groups in total. The molecule has 0 aliphatic carbocycles. The SMILES string of the molecule is CCCC[Si](C)(C)OCc1ccc(N2CCC(C)CC2)cc1. The number of piperidine rings is 1.